The first-order valence-corrected chi connectivity index (χ1v) is 5.71. The fraction of sp³-hybridized carbons (Fsp3) is 0.583. The molecule has 1 N–H and O–H groups in total. The Morgan fingerprint density at radius 1 is 1.44 bits per heavy atom. The van der Waals surface area contributed by atoms with E-state index in [4.69, 9.17) is 5.26 Å². The van der Waals surface area contributed by atoms with Crippen molar-refractivity contribution in [3.8, 4) is 6.07 Å². The molecule has 16 heavy (non-hydrogen) atoms. The van der Waals surface area contributed by atoms with Crippen LogP contribution in [0.1, 0.15) is 44.5 Å². The maximum atomic E-state index is 8.81. The van der Waals surface area contributed by atoms with Crippen molar-refractivity contribution in [2.75, 3.05) is 5.32 Å². The molecular formula is C12H18N4. The molecule has 1 rings (SSSR count). The molecule has 0 amide bonds. The van der Waals surface area contributed by atoms with Crippen LogP contribution in [0.3, 0.4) is 0 Å². The van der Waals surface area contributed by atoms with E-state index < -0.39 is 0 Å². The van der Waals surface area contributed by atoms with Gasteiger partial charge in [-0.1, -0.05) is 20.3 Å². The molecule has 0 aliphatic carbocycles. The number of aromatic nitrogens is 2. The maximum absolute atomic E-state index is 8.81. The molecule has 0 spiro atoms. The first kappa shape index (κ1) is 12.4. The van der Waals surface area contributed by atoms with Crippen LogP contribution in [0.4, 0.5) is 5.95 Å². The quantitative estimate of drug-likeness (QED) is 0.825. The summed E-state index contributed by atoms with van der Waals surface area (Å²) in [6.07, 6.45) is 3.26. The van der Waals surface area contributed by atoms with Crippen LogP contribution in [0, 0.1) is 18.3 Å². The predicted molar refractivity (Wildman–Crippen MR) is 64.1 cm³/mol. The standard InChI is InChI=1S/C12H18N4/c1-4-6-10(5-2)15-12-14-9(3)7-11(8-13)16-12/h7,10H,4-6H2,1-3H3,(H,14,15,16). The molecule has 1 aromatic heterocycles. The van der Waals surface area contributed by atoms with Crippen LogP contribution >= 0.6 is 0 Å². The number of nitriles is 1. The summed E-state index contributed by atoms with van der Waals surface area (Å²) in [5.74, 6) is 0.567. The van der Waals surface area contributed by atoms with Gasteiger partial charge >= 0.3 is 0 Å². The first-order valence-electron chi connectivity index (χ1n) is 5.71. The van der Waals surface area contributed by atoms with Crippen molar-refractivity contribution in [3.63, 3.8) is 0 Å². The lowest BCUT2D eigenvalue weighted by molar-refractivity contribution is 0.617. The van der Waals surface area contributed by atoms with Gasteiger partial charge in [-0.2, -0.15) is 5.26 Å². The van der Waals surface area contributed by atoms with Gasteiger partial charge in [0.05, 0.1) is 0 Å². The van der Waals surface area contributed by atoms with Gasteiger partial charge in [0.25, 0.3) is 0 Å². The molecule has 0 saturated heterocycles. The van der Waals surface area contributed by atoms with Gasteiger partial charge < -0.3 is 5.32 Å². The van der Waals surface area contributed by atoms with E-state index in [9.17, 15) is 0 Å². The zero-order valence-corrected chi connectivity index (χ0v) is 10.1. The van der Waals surface area contributed by atoms with Gasteiger partial charge in [-0.25, -0.2) is 9.97 Å². The van der Waals surface area contributed by atoms with Crippen LogP contribution in [-0.2, 0) is 0 Å². The third kappa shape index (κ3) is 3.50. The highest BCUT2D eigenvalue weighted by Crippen LogP contribution is 2.10. The minimum atomic E-state index is 0.387. The van der Waals surface area contributed by atoms with E-state index in [0.29, 0.717) is 17.7 Å². The van der Waals surface area contributed by atoms with Crippen molar-refractivity contribution in [2.24, 2.45) is 0 Å². The second-order valence-electron chi connectivity index (χ2n) is 3.87. The molecule has 86 valence electrons. The highest BCUT2D eigenvalue weighted by molar-refractivity contribution is 5.33. The zero-order valence-electron chi connectivity index (χ0n) is 10.1. The summed E-state index contributed by atoms with van der Waals surface area (Å²) in [6.45, 7) is 6.16. The molecule has 0 aromatic carbocycles. The molecule has 0 saturated carbocycles. The molecule has 4 heteroatoms. The molecule has 1 heterocycles. The van der Waals surface area contributed by atoms with Crippen LogP contribution in [0.25, 0.3) is 0 Å². The van der Waals surface area contributed by atoms with E-state index in [0.717, 1.165) is 25.0 Å². The molecule has 1 aromatic rings. The van der Waals surface area contributed by atoms with Crippen molar-refractivity contribution in [2.45, 2.75) is 46.1 Å². The van der Waals surface area contributed by atoms with Gasteiger partial charge in [0.1, 0.15) is 11.8 Å². The molecule has 0 aliphatic rings. The molecule has 1 unspecified atom stereocenters. The van der Waals surface area contributed by atoms with Gasteiger partial charge in [-0.15, -0.1) is 0 Å². The summed E-state index contributed by atoms with van der Waals surface area (Å²) in [5, 5.41) is 12.1. The number of aryl methyl sites for hydroxylation is 1. The smallest absolute Gasteiger partial charge is 0.224 e. The second kappa shape index (κ2) is 6.06. The minimum Gasteiger partial charge on any atom is -0.351 e. The Bertz CT molecular complexity index is 381. The maximum Gasteiger partial charge on any atom is 0.224 e. The molecular weight excluding hydrogens is 200 g/mol. The number of hydrogen-bond acceptors (Lipinski definition) is 4. The highest BCUT2D eigenvalue weighted by Gasteiger charge is 2.07. The molecule has 1 atom stereocenters. The number of anilines is 1. The lowest BCUT2D eigenvalue weighted by Crippen LogP contribution is -2.20. The second-order valence-corrected chi connectivity index (χ2v) is 3.87. The molecule has 0 radical (unpaired) electrons. The Hall–Kier alpha value is -1.63. The van der Waals surface area contributed by atoms with Crippen LogP contribution in [0.5, 0.6) is 0 Å². The minimum absolute atomic E-state index is 0.387. The summed E-state index contributed by atoms with van der Waals surface area (Å²) in [5.41, 5.74) is 1.24. The fourth-order valence-electron chi connectivity index (χ4n) is 1.60. The largest absolute Gasteiger partial charge is 0.351 e. The Kier molecular flexibility index (Phi) is 4.71. The zero-order chi connectivity index (χ0) is 12.0. The Labute approximate surface area is 96.7 Å². The predicted octanol–water partition coefficient (Wildman–Crippen LogP) is 2.65. The Morgan fingerprint density at radius 2 is 2.19 bits per heavy atom. The highest BCUT2D eigenvalue weighted by atomic mass is 15.1. The average molecular weight is 218 g/mol. The van der Waals surface area contributed by atoms with Crippen molar-refractivity contribution in [3.05, 3.63) is 17.5 Å². The van der Waals surface area contributed by atoms with Gasteiger partial charge in [-0.05, 0) is 25.8 Å². The van der Waals surface area contributed by atoms with Gasteiger partial charge in [0.2, 0.25) is 5.95 Å². The normalized spacial score (nSPS) is 11.9. The van der Waals surface area contributed by atoms with Gasteiger partial charge in [-0.3, -0.25) is 0 Å². The Morgan fingerprint density at radius 3 is 2.75 bits per heavy atom. The van der Waals surface area contributed by atoms with Gasteiger partial charge in [0.15, 0.2) is 0 Å². The lowest BCUT2D eigenvalue weighted by Gasteiger charge is -2.16. The SMILES string of the molecule is CCCC(CC)Nc1nc(C)cc(C#N)n1. The molecule has 0 bridgehead atoms. The average Bonchev–Trinajstić information content (AvgIpc) is 2.27. The molecule has 0 aliphatic heterocycles. The van der Waals surface area contributed by atoms with Crippen molar-refractivity contribution in [1.29, 1.82) is 5.26 Å². The lowest BCUT2D eigenvalue weighted by atomic mass is 10.1. The Balaban J connectivity index is 2.80. The van der Waals surface area contributed by atoms with Crippen molar-refractivity contribution < 1.29 is 0 Å². The van der Waals surface area contributed by atoms with Crippen LogP contribution in [0.15, 0.2) is 6.07 Å². The summed E-state index contributed by atoms with van der Waals surface area (Å²) < 4.78 is 0. The number of nitrogens with zero attached hydrogens (tertiary/aromatic N) is 3. The number of rotatable bonds is 5. The summed E-state index contributed by atoms with van der Waals surface area (Å²) in [6, 6.07) is 4.11. The van der Waals surface area contributed by atoms with E-state index in [-0.39, 0.29) is 0 Å². The van der Waals surface area contributed by atoms with Crippen molar-refractivity contribution in [1.82, 2.24) is 9.97 Å². The summed E-state index contributed by atoms with van der Waals surface area (Å²) in [4.78, 5) is 8.42. The van der Waals surface area contributed by atoms with E-state index in [1.807, 2.05) is 13.0 Å². The molecule has 4 nitrogen and oxygen atoms in total. The molecule has 0 fully saturated rings. The van der Waals surface area contributed by atoms with Gasteiger partial charge in [0, 0.05) is 11.7 Å². The van der Waals surface area contributed by atoms with E-state index in [1.165, 1.54) is 0 Å². The van der Waals surface area contributed by atoms with E-state index >= 15 is 0 Å². The number of nitrogens with one attached hydrogen (secondary N) is 1. The topological polar surface area (TPSA) is 61.6 Å². The van der Waals surface area contributed by atoms with Crippen LogP contribution in [0.2, 0.25) is 0 Å². The van der Waals surface area contributed by atoms with Crippen LogP contribution < -0.4 is 5.32 Å². The first-order chi connectivity index (χ1) is 7.69. The fourth-order valence-corrected chi connectivity index (χ4v) is 1.60. The third-order valence-electron chi connectivity index (χ3n) is 2.43. The summed E-state index contributed by atoms with van der Waals surface area (Å²) >= 11 is 0. The van der Waals surface area contributed by atoms with Crippen LogP contribution in [-0.4, -0.2) is 16.0 Å². The number of hydrogen-bond donors (Lipinski definition) is 1. The third-order valence-corrected chi connectivity index (χ3v) is 2.43. The van der Waals surface area contributed by atoms with Crippen molar-refractivity contribution >= 4 is 5.95 Å². The summed E-state index contributed by atoms with van der Waals surface area (Å²) in [7, 11) is 0. The van der Waals surface area contributed by atoms with E-state index in [1.54, 1.807) is 6.07 Å². The van der Waals surface area contributed by atoms with E-state index in [2.05, 4.69) is 29.1 Å². The monoisotopic (exact) mass is 218 g/mol.